The lowest BCUT2D eigenvalue weighted by molar-refractivity contribution is 0.0801. The molecule has 3 saturated heterocycles. The number of sulfonamides is 1. The smallest absolute Gasteiger partial charge is 0.407 e. The Hall–Kier alpha value is -2.18. The predicted octanol–water partition coefficient (Wildman–Crippen LogP) is 2.58. The average molecular weight is 552 g/mol. The fourth-order valence-electron chi connectivity index (χ4n) is 5.71. The van der Waals surface area contributed by atoms with Crippen LogP contribution in [0.5, 0.6) is 0 Å². The zero-order chi connectivity index (χ0) is 26.2. The summed E-state index contributed by atoms with van der Waals surface area (Å²) in [5.41, 5.74) is 1.45. The first-order valence-corrected chi connectivity index (χ1v) is 14.6. The van der Waals surface area contributed by atoms with Crippen molar-refractivity contribution >= 4 is 27.7 Å². The zero-order valence-corrected chi connectivity index (χ0v) is 22.7. The molecule has 3 unspecified atom stereocenters. The molecule has 12 heteroatoms. The van der Waals surface area contributed by atoms with E-state index in [-0.39, 0.29) is 34.0 Å². The molecule has 0 aliphatic carbocycles. The summed E-state index contributed by atoms with van der Waals surface area (Å²) in [4.78, 5) is 15.0. The maximum Gasteiger partial charge on any atom is 0.407 e. The Labute approximate surface area is 222 Å². The van der Waals surface area contributed by atoms with Crippen molar-refractivity contribution in [2.24, 2.45) is 18.9 Å². The van der Waals surface area contributed by atoms with Gasteiger partial charge in [0.25, 0.3) is 0 Å². The topological polar surface area (TPSA) is 106 Å². The van der Waals surface area contributed by atoms with E-state index in [1.165, 1.54) is 4.68 Å². The van der Waals surface area contributed by atoms with Gasteiger partial charge in [0, 0.05) is 46.2 Å². The van der Waals surface area contributed by atoms with Crippen molar-refractivity contribution in [2.75, 3.05) is 45.9 Å². The molecule has 5 rings (SSSR count). The third-order valence-electron chi connectivity index (χ3n) is 7.62. The summed E-state index contributed by atoms with van der Waals surface area (Å²) in [6.07, 6.45) is 0.831. The molecule has 0 saturated carbocycles. The number of fused-ring (bicyclic) bond motifs is 1. The molecule has 202 valence electrons. The van der Waals surface area contributed by atoms with Crippen molar-refractivity contribution in [1.82, 2.24) is 24.3 Å². The number of hydrogen-bond acceptors (Lipinski definition) is 7. The highest BCUT2D eigenvalue weighted by Gasteiger charge is 2.45. The molecule has 1 N–H and O–H groups in total. The maximum absolute atomic E-state index is 13.3. The first-order valence-electron chi connectivity index (χ1n) is 12.7. The third-order valence-corrected chi connectivity index (χ3v) is 10.1. The van der Waals surface area contributed by atoms with E-state index in [4.69, 9.17) is 21.1 Å². The minimum atomic E-state index is -3.69. The average Bonchev–Trinajstić information content (AvgIpc) is 3.62. The molecule has 0 radical (unpaired) electrons. The fraction of sp³-hybridized carbons (Fsp3) is 0.600. The zero-order valence-electron chi connectivity index (χ0n) is 21.2. The van der Waals surface area contributed by atoms with Gasteiger partial charge in [0.1, 0.15) is 16.2 Å². The molecule has 0 spiro atoms. The third kappa shape index (κ3) is 5.65. The number of aromatic nitrogens is 2. The molecule has 0 bridgehead atoms. The second kappa shape index (κ2) is 10.9. The molecule has 4 heterocycles. The highest BCUT2D eigenvalue weighted by molar-refractivity contribution is 7.89. The maximum atomic E-state index is 13.3. The van der Waals surface area contributed by atoms with Gasteiger partial charge in [-0.2, -0.15) is 9.40 Å². The minimum Gasteiger partial charge on any atom is -0.444 e. The Morgan fingerprint density at radius 2 is 1.92 bits per heavy atom. The quantitative estimate of drug-likeness (QED) is 0.537. The number of likely N-dealkylation sites (tertiary alicyclic amines) is 1. The number of halogens is 1. The lowest BCUT2D eigenvalue weighted by Gasteiger charge is -2.25. The summed E-state index contributed by atoms with van der Waals surface area (Å²) in [7, 11) is -2.05. The molecular formula is C25H34ClN5O5S. The van der Waals surface area contributed by atoms with E-state index < -0.39 is 16.1 Å². The van der Waals surface area contributed by atoms with Gasteiger partial charge in [0.2, 0.25) is 10.0 Å². The first kappa shape index (κ1) is 26.4. The van der Waals surface area contributed by atoms with Crippen molar-refractivity contribution in [3.8, 4) is 0 Å². The van der Waals surface area contributed by atoms with Crippen LogP contribution in [0.2, 0.25) is 5.15 Å². The van der Waals surface area contributed by atoms with Crippen LogP contribution in [0.1, 0.15) is 30.1 Å². The summed E-state index contributed by atoms with van der Waals surface area (Å²) >= 11 is 6.27. The number of ether oxygens (including phenoxy) is 2. The second-order valence-corrected chi connectivity index (χ2v) is 12.5. The largest absolute Gasteiger partial charge is 0.444 e. The van der Waals surface area contributed by atoms with Crippen LogP contribution < -0.4 is 5.32 Å². The van der Waals surface area contributed by atoms with E-state index in [0.29, 0.717) is 32.0 Å². The molecule has 10 nitrogen and oxygen atoms in total. The van der Waals surface area contributed by atoms with Crippen molar-refractivity contribution in [3.63, 3.8) is 0 Å². The normalized spacial score (nSPS) is 25.3. The van der Waals surface area contributed by atoms with Gasteiger partial charge in [-0.25, -0.2) is 13.2 Å². The van der Waals surface area contributed by atoms with Gasteiger partial charge in [0.05, 0.1) is 24.9 Å². The highest BCUT2D eigenvalue weighted by Crippen LogP contribution is 2.37. The Morgan fingerprint density at radius 3 is 2.51 bits per heavy atom. The Morgan fingerprint density at radius 1 is 1.22 bits per heavy atom. The van der Waals surface area contributed by atoms with Gasteiger partial charge in [-0.3, -0.25) is 4.68 Å². The van der Waals surface area contributed by atoms with Crippen molar-refractivity contribution in [3.05, 3.63) is 46.7 Å². The highest BCUT2D eigenvalue weighted by atomic mass is 35.5. The number of alkyl carbamates (subject to hydrolysis) is 1. The van der Waals surface area contributed by atoms with Crippen LogP contribution >= 0.6 is 11.6 Å². The van der Waals surface area contributed by atoms with Crippen LogP contribution in [-0.4, -0.2) is 85.5 Å². The molecule has 2 aromatic rings. The molecule has 4 atom stereocenters. The van der Waals surface area contributed by atoms with Crippen LogP contribution in [0.15, 0.2) is 35.2 Å². The number of carbonyl (C=O) groups is 1. The van der Waals surface area contributed by atoms with Crippen LogP contribution in [0.3, 0.4) is 0 Å². The summed E-state index contributed by atoms with van der Waals surface area (Å²) in [6, 6.07) is 9.73. The van der Waals surface area contributed by atoms with E-state index in [9.17, 15) is 13.2 Å². The standard InChI is InChI=1S/C25H34ClN5O5S/c1-17-23(24(26)29(2)28-17)37(33,34)31-14-19-12-30(13-20(19)15-31)10-8-22(18-6-4-3-5-7-18)27-25(32)36-21-9-11-35-16-21/h3-7,19-22H,8-16H2,1-2H3,(H,27,32)/t19-,20?,21?,22?/m0/s1. The minimum absolute atomic E-state index is 0.112. The van der Waals surface area contributed by atoms with Gasteiger partial charge in [-0.1, -0.05) is 41.9 Å². The number of benzene rings is 1. The molecule has 1 aromatic carbocycles. The van der Waals surface area contributed by atoms with Gasteiger partial charge < -0.3 is 19.7 Å². The van der Waals surface area contributed by atoms with Gasteiger partial charge in [0.15, 0.2) is 0 Å². The van der Waals surface area contributed by atoms with Crippen LogP contribution in [-0.2, 0) is 26.5 Å². The van der Waals surface area contributed by atoms with E-state index in [2.05, 4.69) is 15.3 Å². The molecule has 3 fully saturated rings. The number of rotatable bonds is 8. The number of hydrogen-bond donors (Lipinski definition) is 1. The summed E-state index contributed by atoms with van der Waals surface area (Å²) in [5, 5.41) is 7.36. The Balaban J connectivity index is 1.17. The van der Waals surface area contributed by atoms with Crippen molar-refractivity contribution in [1.29, 1.82) is 0 Å². The number of nitrogens with zero attached hydrogens (tertiary/aromatic N) is 4. The van der Waals surface area contributed by atoms with Crippen LogP contribution in [0.25, 0.3) is 0 Å². The molecule has 37 heavy (non-hydrogen) atoms. The monoisotopic (exact) mass is 551 g/mol. The summed E-state index contributed by atoms with van der Waals surface area (Å²) in [6.45, 7) is 6.12. The lowest BCUT2D eigenvalue weighted by atomic mass is 10.0. The van der Waals surface area contributed by atoms with Crippen LogP contribution in [0, 0.1) is 18.8 Å². The number of aryl methyl sites for hydroxylation is 2. The summed E-state index contributed by atoms with van der Waals surface area (Å²) < 4.78 is 40.4. The molecule has 3 aliphatic rings. The molecule has 1 amide bonds. The van der Waals surface area contributed by atoms with Crippen LogP contribution in [0.4, 0.5) is 4.79 Å². The van der Waals surface area contributed by atoms with E-state index in [1.807, 2.05) is 30.3 Å². The van der Waals surface area contributed by atoms with Crippen molar-refractivity contribution < 1.29 is 22.7 Å². The van der Waals surface area contributed by atoms with E-state index in [0.717, 1.165) is 38.0 Å². The fourth-order valence-corrected chi connectivity index (χ4v) is 7.97. The van der Waals surface area contributed by atoms with Crippen molar-refractivity contribution in [2.45, 2.75) is 36.8 Å². The second-order valence-electron chi connectivity index (χ2n) is 10.2. The van der Waals surface area contributed by atoms with Gasteiger partial charge in [-0.05, 0) is 30.7 Å². The number of carbonyl (C=O) groups excluding carboxylic acids is 1. The van der Waals surface area contributed by atoms with E-state index >= 15 is 0 Å². The predicted molar refractivity (Wildman–Crippen MR) is 138 cm³/mol. The SMILES string of the molecule is Cc1nn(C)c(Cl)c1S(=O)(=O)N1CC2CN(CCC(NC(=O)OC3CCOC3)c3ccccc3)C[C@H]2C1. The van der Waals surface area contributed by atoms with E-state index in [1.54, 1.807) is 18.3 Å². The Bertz CT molecular complexity index is 1200. The Kier molecular flexibility index (Phi) is 7.78. The number of amides is 1. The lowest BCUT2D eigenvalue weighted by Crippen LogP contribution is -2.36. The summed E-state index contributed by atoms with van der Waals surface area (Å²) in [5.74, 6) is 0.530. The molecular weight excluding hydrogens is 518 g/mol. The number of nitrogens with one attached hydrogen (secondary N) is 1. The first-order chi connectivity index (χ1) is 17.7. The molecule has 3 aliphatic heterocycles. The molecule has 1 aromatic heterocycles. The van der Waals surface area contributed by atoms with Gasteiger partial charge in [-0.15, -0.1) is 0 Å². The van der Waals surface area contributed by atoms with Gasteiger partial charge >= 0.3 is 6.09 Å².